The second kappa shape index (κ2) is 9.16. The molecule has 5 nitrogen and oxygen atoms in total. The highest BCUT2D eigenvalue weighted by atomic mass is 127. The van der Waals surface area contributed by atoms with Crippen molar-refractivity contribution in [3.63, 3.8) is 0 Å². The van der Waals surface area contributed by atoms with Gasteiger partial charge >= 0.3 is 0 Å². The molecule has 2 N–H and O–H groups in total. The van der Waals surface area contributed by atoms with Crippen LogP contribution in [0.5, 0.6) is 0 Å². The van der Waals surface area contributed by atoms with E-state index in [1.54, 1.807) is 12.1 Å². The Bertz CT molecular complexity index is 690. The summed E-state index contributed by atoms with van der Waals surface area (Å²) in [7, 11) is -2.93. The smallest absolute Gasteiger partial charge is 0.191 e. The number of nitrogens with zero attached hydrogens (tertiary/aromatic N) is 1. The zero-order valence-electron chi connectivity index (χ0n) is 14.9. The van der Waals surface area contributed by atoms with E-state index in [-0.39, 0.29) is 52.8 Å². The van der Waals surface area contributed by atoms with Gasteiger partial charge in [0.1, 0.15) is 5.82 Å². The Hall–Kier alpha value is -0.900. The standard InChI is InChI=1S/C17H26FN3O2S.HI/c1-4-19-16(21-15-9-10-24(22,23)11-15)20-12-17(2,3)13-5-7-14(18)8-6-13;/h5-8,15H,4,9-12H2,1-3H3,(H2,19,20,21);1H. The third-order valence-electron chi connectivity index (χ3n) is 4.18. The lowest BCUT2D eigenvalue weighted by Gasteiger charge is -2.24. The molecule has 1 atom stereocenters. The molecular weight excluding hydrogens is 456 g/mol. The maximum atomic E-state index is 13.1. The van der Waals surface area contributed by atoms with Crippen LogP contribution in [-0.4, -0.2) is 45.0 Å². The monoisotopic (exact) mass is 483 g/mol. The molecule has 1 aliphatic rings. The molecule has 1 aliphatic heterocycles. The molecule has 0 spiro atoms. The van der Waals surface area contributed by atoms with Crippen molar-refractivity contribution < 1.29 is 12.8 Å². The van der Waals surface area contributed by atoms with E-state index in [1.807, 2.05) is 20.8 Å². The van der Waals surface area contributed by atoms with Gasteiger partial charge in [0.25, 0.3) is 0 Å². The Kier molecular flexibility index (Phi) is 8.11. The van der Waals surface area contributed by atoms with Gasteiger partial charge in [0.15, 0.2) is 15.8 Å². The number of halogens is 2. The predicted molar refractivity (Wildman–Crippen MR) is 111 cm³/mol. The third kappa shape index (κ3) is 6.73. The summed E-state index contributed by atoms with van der Waals surface area (Å²) in [4.78, 5) is 4.60. The molecule has 0 aromatic heterocycles. The molecule has 1 unspecified atom stereocenters. The third-order valence-corrected chi connectivity index (χ3v) is 5.94. The molecule has 1 fully saturated rings. The van der Waals surface area contributed by atoms with Crippen molar-refractivity contribution in [1.82, 2.24) is 10.6 Å². The molecule has 1 heterocycles. The van der Waals surface area contributed by atoms with Gasteiger partial charge < -0.3 is 10.6 Å². The molecule has 8 heteroatoms. The maximum absolute atomic E-state index is 13.1. The fraction of sp³-hybridized carbons (Fsp3) is 0.588. The Morgan fingerprint density at radius 1 is 1.32 bits per heavy atom. The number of guanidine groups is 1. The van der Waals surface area contributed by atoms with Gasteiger partial charge in [-0.2, -0.15) is 0 Å². The molecule has 1 aromatic carbocycles. The molecule has 0 amide bonds. The van der Waals surface area contributed by atoms with Crippen LogP contribution >= 0.6 is 24.0 Å². The highest BCUT2D eigenvalue weighted by Crippen LogP contribution is 2.23. The number of hydrogen-bond acceptors (Lipinski definition) is 3. The van der Waals surface area contributed by atoms with Crippen LogP contribution < -0.4 is 10.6 Å². The number of rotatable bonds is 5. The van der Waals surface area contributed by atoms with Crippen molar-refractivity contribution in [3.05, 3.63) is 35.6 Å². The molecule has 0 radical (unpaired) electrons. The van der Waals surface area contributed by atoms with Gasteiger partial charge in [0.2, 0.25) is 0 Å². The normalized spacial score (nSPS) is 20.0. The van der Waals surface area contributed by atoms with Crippen molar-refractivity contribution in [1.29, 1.82) is 0 Å². The van der Waals surface area contributed by atoms with Crippen LogP contribution in [0.25, 0.3) is 0 Å². The first kappa shape index (κ1) is 22.1. The summed E-state index contributed by atoms with van der Waals surface area (Å²) >= 11 is 0. The number of sulfone groups is 1. The van der Waals surface area contributed by atoms with Gasteiger partial charge in [-0.05, 0) is 31.0 Å². The van der Waals surface area contributed by atoms with E-state index in [0.29, 0.717) is 25.5 Å². The second-order valence-electron chi connectivity index (χ2n) is 6.83. The molecule has 2 rings (SSSR count). The Labute approximate surface area is 166 Å². The first-order valence-corrected chi connectivity index (χ1v) is 10.1. The molecule has 1 aromatic rings. The summed E-state index contributed by atoms with van der Waals surface area (Å²) in [5.74, 6) is 0.745. The van der Waals surface area contributed by atoms with Crippen molar-refractivity contribution >= 4 is 39.8 Å². The van der Waals surface area contributed by atoms with Crippen LogP contribution in [0.4, 0.5) is 4.39 Å². The first-order valence-electron chi connectivity index (χ1n) is 8.23. The minimum atomic E-state index is -2.93. The number of hydrogen-bond donors (Lipinski definition) is 2. The van der Waals surface area contributed by atoms with Crippen molar-refractivity contribution in [2.45, 2.75) is 38.6 Å². The largest absolute Gasteiger partial charge is 0.357 e. The van der Waals surface area contributed by atoms with E-state index in [1.165, 1.54) is 12.1 Å². The van der Waals surface area contributed by atoms with E-state index < -0.39 is 9.84 Å². The van der Waals surface area contributed by atoms with Crippen LogP contribution in [0.3, 0.4) is 0 Å². The first-order chi connectivity index (χ1) is 11.2. The maximum Gasteiger partial charge on any atom is 0.191 e. The van der Waals surface area contributed by atoms with Crippen LogP contribution in [0.1, 0.15) is 32.8 Å². The minimum Gasteiger partial charge on any atom is -0.357 e. The summed E-state index contributed by atoms with van der Waals surface area (Å²) in [5, 5.41) is 6.36. The highest BCUT2D eigenvalue weighted by molar-refractivity contribution is 14.0. The number of aliphatic imine (C=N–C) groups is 1. The van der Waals surface area contributed by atoms with Crippen LogP contribution in [0.2, 0.25) is 0 Å². The van der Waals surface area contributed by atoms with E-state index in [4.69, 9.17) is 0 Å². The summed E-state index contributed by atoms with van der Waals surface area (Å²) in [5.41, 5.74) is 0.754. The lowest BCUT2D eigenvalue weighted by atomic mass is 9.85. The van der Waals surface area contributed by atoms with Crippen molar-refractivity contribution in [2.24, 2.45) is 4.99 Å². The van der Waals surface area contributed by atoms with Crippen molar-refractivity contribution in [3.8, 4) is 0 Å². The molecule has 0 bridgehead atoms. The topological polar surface area (TPSA) is 70.6 Å². The second-order valence-corrected chi connectivity index (χ2v) is 9.06. The zero-order chi connectivity index (χ0) is 17.8. The molecule has 0 aliphatic carbocycles. The van der Waals surface area contributed by atoms with E-state index >= 15 is 0 Å². The summed E-state index contributed by atoms with van der Waals surface area (Å²) < 4.78 is 36.2. The van der Waals surface area contributed by atoms with Crippen LogP contribution in [0, 0.1) is 5.82 Å². The fourth-order valence-corrected chi connectivity index (χ4v) is 4.36. The Balaban J connectivity index is 0.00000312. The summed E-state index contributed by atoms with van der Waals surface area (Å²) in [6.45, 7) is 7.27. The number of nitrogens with one attached hydrogen (secondary N) is 2. The SMILES string of the molecule is CCNC(=NCC(C)(C)c1ccc(F)cc1)NC1CCS(=O)(=O)C1.I. The van der Waals surface area contributed by atoms with E-state index in [9.17, 15) is 12.8 Å². The van der Waals surface area contributed by atoms with Gasteiger partial charge in [-0.3, -0.25) is 4.99 Å². The van der Waals surface area contributed by atoms with Gasteiger partial charge in [-0.25, -0.2) is 12.8 Å². The average molecular weight is 483 g/mol. The van der Waals surface area contributed by atoms with E-state index in [2.05, 4.69) is 15.6 Å². The van der Waals surface area contributed by atoms with Crippen molar-refractivity contribution in [2.75, 3.05) is 24.6 Å². The lowest BCUT2D eigenvalue weighted by molar-refractivity contribution is 0.532. The highest BCUT2D eigenvalue weighted by Gasteiger charge is 2.28. The van der Waals surface area contributed by atoms with Gasteiger partial charge in [0.05, 0.1) is 18.1 Å². The molecule has 142 valence electrons. The molecular formula is C17H27FIN3O2S. The summed E-state index contributed by atoms with van der Waals surface area (Å²) in [6.07, 6.45) is 0.605. The zero-order valence-corrected chi connectivity index (χ0v) is 18.0. The summed E-state index contributed by atoms with van der Waals surface area (Å²) in [6, 6.07) is 6.35. The van der Waals surface area contributed by atoms with Gasteiger partial charge in [0, 0.05) is 18.0 Å². The predicted octanol–water partition coefficient (Wildman–Crippen LogP) is 2.46. The lowest BCUT2D eigenvalue weighted by Crippen LogP contribution is -2.44. The molecule has 25 heavy (non-hydrogen) atoms. The minimum absolute atomic E-state index is 0. The Morgan fingerprint density at radius 2 is 1.96 bits per heavy atom. The van der Waals surface area contributed by atoms with Gasteiger partial charge in [-0.1, -0.05) is 26.0 Å². The average Bonchev–Trinajstić information content (AvgIpc) is 2.84. The molecule has 1 saturated heterocycles. The van der Waals surface area contributed by atoms with E-state index in [0.717, 1.165) is 5.56 Å². The molecule has 0 saturated carbocycles. The fourth-order valence-electron chi connectivity index (χ4n) is 2.69. The van der Waals surface area contributed by atoms with Crippen LogP contribution in [-0.2, 0) is 15.3 Å². The quantitative estimate of drug-likeness (QED) is 0.384. The van der Waals surface area contributed by atoms with Gasteiger partial charge in [-0.15, -0.1) is 24.0 Å². The van der Waals surface area contributed by atoms with Crippen LogP contribution in [0.15, 0.2) is 29.3 Å². The Morgan fingerprint density at radius 3 is 2.48 bits per heavy atom. The number of benzene rings is 1.